The normalized spacial score (nSPS) is 11.1. The molecule has 0 heterocycles. The lowest BCUT2D eigenvalue weighted by Crippen LogP contribution is -1.94. The minimum Gasteiger partial charge on any atom is -0.457 e. The Hall–Kier alpha value is -2.74. The topological polar surface area (TPSA) is 18.5 Å². The minimum atomic E-state index is 0.513. The van der Waals surface area contributed by atoms with Crippen molar-refractivity contribution in [1.82, 2.24) is 0 Å². The largest absolute Gasteiger partial charge is 0.457 e. The Kier molecular flexibility index (Phi) is 6.98. The number of ether oxygens (including phenoxy) is 2. The molecule has 2 nitrogen and oxygen atoms in total. The summed E-state index contributed by atoms with van der Waals surface area (Å²) in [6.07, 6.45) is 2.04. The molecule has 0 saturated carbocycles. The van der Waals surface area contributed by atoms with E-state index in [0.717, 1.165) is 35.8 Å². The fourth-order valence-corrected chi connectivity index (χ4v) is 3.27. The van der Waals surface area contributed by atoms with E-state index in [9.17, 15) is 0 Å². The second-order valence-electron chi connectivity index (χ2n) is 8.17. The van der Waals surface area contributed by atoms with Crippen LogP contribution in [-0.4, -0.2) is 0 Å². The highest BCUT2D eigenvalue weighted by molar-refractivity contribution is 5.45. The van der Waals surface area contributed by atoms with E-state index >= 15 is 0 Å². The van der Waals surface area contributed by atoms with Crippen molar-refractivity contribution in [1.29, 1.82) is 0 Å². The van der Waals surface area contributed by atoms with Gasteiger partial charge in [-0.15, -0.1) is 0 Å². The van der Waals surface area contributed by atoms with E-state index in [-0.39, 0.29) is 0 Å². The standard InChI is InChI=1S/C27H32O2/c1-6-7-23-12-17-26(28-24-13-8-21(9-14-24)19(2)3)18-27(23)29-25-15-10-22(11-16-25)20(4)5/h8-20H,6-7H2,1-5H3. The lowest BCUT2D eigenvalue weighted by Gasteiger charge is -2.14. The average molecular weight is 389 g/mol. The summed E-state index contributed by atoms with van der Waals surface area (Å²) in [6, 6.07) is 22.8. The van der Waals surface area contributed by atoms with Gasteiger partial charge in [-0.25, -0.2) is 0 Å². The first kappa shape index (κ1) is 21.0. The Labute approximate surface area is 175 Å². The first-order chi connectivity index (χ1) is 14.0. The van der Waals surface area contributed by atoms with Crippen LogP contribution in [-0.2, 0) is 6.42 Å². The van der Waals surface area contributed by atoms with Gasteiger partial charge in [-0.1, -0.05) is 71.4 Å². The minimum absolute atomic E-state index is 0.513. The Morgan fingerprint density at radius 1 is 0.621 bits per heavy atom. The molecule has 0 aliphatic heterocycles. The molecule has 29 heavy (non-hydrogen) atoms. The second-order valence-corrected chi connectivity index (χ2v) is 8.17. The zero-order chi connectivity index (χ0) is 20.8. The van der Waals surface area contributed by atoms with Crippen LogP contribution in [0, 0.1) is 0 Å². The summed E-state index contributed by atoms with van der Waals surface area (Å²) in [4.78, 5) is 0. The van der Waals surface area contributed by atoms with Crippen molar-refractivity contribution in [3.63, 3.8) is 0 Å². The lowest BCUT2D eigenvalue weighted by molar-refractivity contribution is 0.455. The SMILES string of the molecule is CCCc1ccc(Oc2ccc(C(C)C)cc2)cc1Oc1ccc(C(C)C)cc1. The first-order valence-corrected chi connectivity index (χ1v) is 10.6. The van der Waals surface area contributed by atoms with E-state index in [1.165, 1.54) is 16.7 Å². The molecule has 0 fully saturated rings. The molecule has 2 heteroatoms. The van der Waals surface area contributed by atoms with Gasteiger partial charge in [0.05, 0.1) is 0 Å². The van der Waals surface area contributed by atoms with E-state index in [1.807, 2.05) is 36.4 Å². The first-order valence-electron chi connectivity index (χ1n) is 10.6. The van der Waals surface area contributed by atoms with Crippen molar-refractivity contribution in [2.75, 3.05) is 0 Å². The van der Waals surface area contributed by atoms with Gasteiger partial charge in [0, 0.05) is 6.07 Å². The third-order valence-corrected chi connectivity index (χ3v) is 5.12. The predicted molar refractivity (Wildman–Crippen MR) is 122 cm³/mol. The van der Waals surface area contributed by atoms with Crippen molar-refractivity contribution in [3.8, 4) is 23.0 Å². The Morgan fingerprint density at radius 3 is 1.59 bits per heavy atom. The summed E-state index contributed by atoms with van der Waals surface area (Å²) in [7, 11) is 0. The van der Waals surface area contributed by atoms with E-state index < -0.39 is 0 Å². The maximum absolute atomic E-state index is 6.25. The zero-order valence-corrected chi connectivity index (χ0v) is 18.2. The van der Waals surface area contributed by atoms with Crippen LogP contribution < -0.4 is 9.47 Å². The lowest BCUT2D eigenvalue weighted by atomic mass is 10.0. The highest BCUT2D eigenvalue weighted by atomic mass is 16.5. The smallest absolute Gasteiger partial charge is 0.134 e. The van der Waals surface area contributed by atoms with Gasteiger partial charge in [-0.2, -0.15) is 0 Å². The molecule has 0 aliphatic rings. The molecule has 0 radical (unpaired) electrons. The van der Waals surface area contributed by atoms with E-state index in [2.05, 4.69) is 65.0 Å². The van der Waals surface area contributed by atoms with Crippen molar-refractivity contribution in [2.45, 2.75) is 59.3 Å². The molecule has 3 aromatic carbocycles. The van der Waals surface area contributed by atoms with Gasteiger partial charge >= 0.3 is 0 Å². The van der Waals surface area contributed by atoms with Gasteiger partial charge in [0.15, 0.2) is 0 Å². The third-order valence-electron chi connectivity index (χ3n) is 5.12. The predicted octanol–water partition coefficient (Wildman–Crippen LogP) is 8.47. The molecule has 3 aromatic rings. The fraction of sp³-hybridized carbons (Fsp3) is 0.333. The van der Waals surface area contributed by atoms with Crippen LogP contribution in [0.2, 0.25) is 0 Å². The van der Waals surface area contributed by atoms with E-state index in [4.69, 9.17) is 9.47 Å². The number of aryl methyl sites for hydroxylation is 1. The molecular formula is C27H32O2. The average Bonchev–Trinajstić information content (AvgIpc) is 2.71. The van der Waals surface area contributed by atoms with Crippen LogP contribution in [0.3, 0.4) is 0 Å². The number of rotatable bonds is 8. The molecule has 0 spiro atoms. The molecule has 0 atom stereocenters. The van der Waals surface area contributed by atoms with Crippen molar-refractivity contribution >= 4 is 0 Å². The Bertz CT molecular complexity index is 906. The highest BCUT2D eigenvalue weighted by Crippen LogP contribution is 2.33. The van der Waals surface area contributed by atoms with E-state index in [0.29, 0.717) is 11.8 Å². The number of hydrogen-bond acceptors (Lipinski definition) is 2. The fourth-order valence-electron chi connectivity index (χ4n) is 3.27. The van der Waals surface area contributed by atoms with E-state index in [1.54, 1.807) is 0 Å². The Balaban J connectivity index is 1.81. The highest BCUT2D eigenvalue weighted by Gasteiger charge is 2.09. The molecule has 0 aromatic heterocycles. The molecule has 0 unspecified atom stereocenters. The molecular weight excluding hydrogens is 356 g/mol. The van der Waals surface area contributed by atoms with Crippen LogP contribution in [0.5, 0.6) is 23.0 Å². The quantitative estimate of drug-likeness (QED) is 0.385. The van der Waals surface area contributed by atoms with Gasteiger partial charge in [0.1, 0.15) is 23.0 Å². The molecule has 152 valence electrons. The third kappa shape index (κ3) is 5.63. The molecule has 0 bridgehead atoms. The van der Waals surface area contributed by atoms with Crippen LogP contribution in [0.15, 0.2) is 66.7 Å². The number of benzene rings is 3. The maximum Gasteiger partial charge on any atom is 0.134 e. The number of hydrogen-bond donors (Lipinski definition) is 0. The van der Waals surface area contributed by atoms with Gasteiger partial charge in [-0.3, -0.25) is 0 Å². The summed E-state index contributed by atoms with van der Waals surface area (Å²) in [5, 5.41) is 0. The van der Waals surface area contributed by atoms with Crippen LogP contribution in [0.4, 0.5) is 0 Å². The van der Waals surface area contributed by atoms with Crippen molar-refractivity contribution in [2.24, 2.45) is 0 Å². The molecule has 0 amide bonds. The van der Waals surface area contributed by atoms with Crippen LogP contribution >= 0.6 is 0 Å². The maximum atomic E-state index is 6.25. The van der Waals surface area contributed by atoms with Crippen molar-refractivity contribution < 1.29 is 9.47 Å². The summed E-state index contributed by atoms with van der Waals surface area (Å²) in [5.74, 6) is 4.37. The van der Waals surface area contributed by atoms with Gasteiger partial charge in [-0.05, 0) is 65.3 Å². The van der Waals surface area contributed by atoms with Gasteiger partial charge in [0.25, 0.3) is 0 Å². The molecule has 0 aliphatic carbocycles. The zero-order valence-electron chi connectivity index (χ0n) is 18.2. The Morgan fingerprint density at radius 2 is 1.10 bits per heavy atom. The summed E-state index contributed by atoms with van der Waals surface area (Å²) >= 11 is 0. The van der Waals surface area contributed by atoms with Gasteiger partial charge in [0.2, 0.25) is 0 Å². The molecule has 3 rings (SSSR count). The van der Waals surface area contributed by atoms with Crippen LogP contribution in [0.25, 0.3) is 0 Å². The van der Waals surface area contributed by atoms with Crippen LogP contribution in [0.1, 0.15) is 69.6 Å². The van der Waals surface area contributed by atoms with Crippen molar-refractivity contribution in [3.05, 3.63) is 83.4 Å². The van der Waals surface area contributed by atoms with Gasteiger partial charge < -0.3 is 9.47 Å². The second kappa shape index (κ2) is 9.65. The summed E-state index contributed by atoms with van der Waals surface area (Å²) in [5.41, 5.74) is 3.82. The molecule has 0 saturated heterocycles. The monoisotopic (exact) mass is 388 g/mol. The molecule has 0 N–H and O–H groups in total. The summed E-state index contributed by atoms with van der Waals surface area (Å²) < 4.78 is 12.3. The summed E-state index contributed by atoms with van der Waals surface area (Å²) in [6.45, 7) is 11.0.